The van der Waals surface area contributed by atoms with E-state index >= 15 is 0 Å². The molecule has 0 bridgehead atoms. The molecule has 8 nitrogen and oxygen atoms in total. The first kappa shape index (κ1) is 14.7. The molecule has 2 heterocycles. The number of rotatable bonds is 3. The van der Waals surface area contributed by atoms with Crippen molar-refractivity contribution < 1.29 is 19.1 Å². The minimum absolute atomic E-state index is 0.118. The number of carbonyl (C=O) groups excluding carboxylic acids is 3. The highest BCUT2D eigenvalue weighted by Crippen LogP contribution is 2.10. The molecule has 0 aliphatic carbocycles. The maximum atomic E-state index is 12.5. The Balaban J connectivity index is 2.01. The Morgan fingerprint density at radius 1 is 1.50 bits per heavy atom. The maximum absolute atomic E-state index is 12.5. The summed E-state index contributed by atoms with van der Waals surface area (Å²) in [6, 6.07) is -1.08. The van der Waals surface area contributed by atoms with Crippen molar-refractivity contribution in [2.75, 3.05) is 39.4 Å². The molecule has 0 radical (unpaired) electrons. The van der Waals surface area contributed by atoms with Crippen molar-refractivity contribution in [2.24, 2.45) is 0 Å². The van der Waals surface area contributed by atoms with Gasteiger partial charge in [-0.05, 0) is 6.92 Å². The summed E-state index contributed by atoms with van der Waals surface area (Å²) in [4.78, 5) is 37.0. The molecule has 2 atom stereocenters. The van der Waals surface area contributed by atoms with Gasteiger partial charge in [0.05, 0.1) is 19.8 Å². The van der Waals surface area contributed by atoms with Crippen LogP contribution in [0.1, 0.15) is 6.92 Å². The van der Waals surface area contributed by atoms with E-state index in [0.717, 1.165) is 0 Å². The number of morpholine rings is 1. The summed E-state index contributed by atoms with van der Waals surface area (Å²) in [5, 5.41) is 8.23. The number of nitrogens with one attached hydrogen (secondary N) is 3. The molecule has 2 saturated heterocycles. The lowest BCUT2D eigenvalue weighted by Gasteiger charge is -2.37. The van der Waals surface area contributed by atoms with Crippen LogP contribution in [0.25, 0.3) is 0 Å². The fraction of sp³-hybridized carbons (Fsp3) is 0.750. The lowest BCUT2D eigenvalue weighted by Crippen LogP contribution is -2.64. The van der Waals surface area contributed by atoms with E-state index in [1.165, 1.54) is 4.90 Å². The van der Waals surface area contributed by atoms with E-state index in [9.17, 15) is 14.4 Å². The lowest BCUT2D eigenvalue weighted by atomic mass is 10.1. The van der Waals surface area contributed by atoms with Gasteiger partial charge in [-0.15, -0.1) is 0 Å². The number of piperazine rings is 1. The Hall–Kier alpha value is -1.67. The SMILES string of the molecule is CCNC(=O)C1COCCN1C(=O)C1CNC(=O)CN1. The molecular formula is C12H20N4O4. The van der Waals surface area contributed by atoms with E-state index in [1.807, 2.05) is 6.92 Å². The smallest absolute Gasteiger partial charge is 0.245 e. The van der Waals surface area contributed by atoms with Gasteiger partial charge >= 0.3 is 0 Å². The first-order chi connectivity index (χ1) is 9.63. The molecule has 2 aliphatic rings. The van der Waals surface area contributed by atoms with E-state index < -0.39 is 12.1 Å². The zero-order valence-electron chi connectivity index (χ0n) is 11.5. The molecule has 3 amide bonds. The predicted octanol–water partition coefficient (Wildman–Crippen LogP) is -2.56. The summed E-state index contributed by atoms with van der Waals surface area (Å²) in [5.74, 6) is -0.513. The van der Waals surface area contributed by atoms with Crippen LogP contribution >= 0.6 is 0 Å². The number of hydrogen-bond acceptors (Lipinski definition) is 5. The Morgan fingerprint density at radius 2 is 2.30 bits per heavy atom. The van der Waals surface area contributed by atoms with Crippen LogP contribution < -0.4 is 16.0 Å². The highest BCUT2D eigenvalue weighted by Gasteiger charge is 2.36. The Morgan fingerprint density at radius 3 is 2.95 bits per heavy atom. The van der Waals surface area contributed by atoms with Crippen LogP contribution in [0.3, 0.4) is 0 Å². The van der Waals surface area contributed by atoms with Crippen molar-refractivity contribution in [3.63, 3.8) is 0 Å². The molecule has 2 unspecified atom stereocenters. The molecule has 0 aromatic rings. The maximum Gasteiger partial charge on any atom is 0.245 e. The second-order valence-corrected chi connectivity index (χ2v) is 4.75. The molecule has 2 rings (SSSR count). The van der Waals surface area contributed by atoms with Gasteiger partial charge in [0.1, 0.15) is 12.1 Å². The summed E-state index contributed by atoms with van der Waals surface area (Å²) in [7, 11) is 0. The van der Waals surface area contributed by atoms with Gasteiger partial charge in [-0.2, -0.15) is 0 Å². The van der Waals surface area contributed by atoms with Gasteiger partial charge in [-0.1, -0.05) is 0 Å². The van der Waals surface area contributed by atoms with E-state index in [2.05, 4.69) is 16.0 Å². The third kappa shape index (κ3) is 3.26. The van der Waals surface area contributed by atoms with Gasteiger partial charge in [0, 0.05) is 19.6 Å². The number of amides is 3. The summed E-state index contributed by atoms with van der Waals surface area (Å²) >= 11 is 0. The number of nitrogens with zero attached hydrogens (tertiary/aromatic N) is 1. The van der Waals surface area contributed by atoms with E-state index in [0.29, 0.717) is 19.7 Å². The van der Waals surface area contributed by atoms with E-state index in [-0.39, 0.29) is 37.4 Å². The van der Waals surface area contributed by atoms with Gasteiger partial charge in [0.25, 0.3) is 0 Å². The summed E-state index contributed by atoms with van der Waals surface area (Å²) in [6.45, 7) is 3.70. The van der Waals surface area contributed by atoms with Crippen molar-refractivity contribution in [3.8, 4) is 0 Å². The number of ether oxygens (including phenoxy) is 1. The molecule has 2 fully saturated rings. The Kier molecular flexibility index (Phi) is 4.91. The molecule has 3 N–H and O–H groups in total. The van der Waals surface area contributed by atoms with Crippen LogP contribution in [-0.4, -0.2) is 74.1 Å². The largest absolute Gasteiger partial charge is 0.377 e. The van der Waals surface area contributed by atoms with Crippen molar-refractivity contribution >= 4 is 17.7 Å². The minimum atomic E-state index is -0.601. The van der Waals surface area contributed by atoms with Crippen LogP contribution in [-0.2, 0) is 19.1 Å². The fourth-order valence-corrected chi connectivity index (χ4v) is 2.32. The number of hydrogen-bond donors (Lipinski definition) is 3. The van der Waals surface area contributed by atoms with Crippen molar-refractivity contribution in [1.29, 1.82) is 0 Å². The number of carbonyl (C=O) groups is 3. The summed E-state index contributed by atoms with van der Waals surface area (Å²) < 4.78 is 5.29. The van der Waals surface area contributed by atoms with Gasteiger partial charge in [-0.3, -0.25) is 19.7 Å². The molecule has 20 heavy (non-hydrogen) atoms. The van der Waals surface area contributed by atoms with Crippen LogP contribution in [0, 0.1) is 0 Å². The zero-order valence-corrected chi connectivity index (χ0v) is 11.5. The topological polar surface area (TPSA) is 99.8 Å². The van der Waals surface area contributed by atoms with Crippen LogP contribution in [0.5, 0.6) is 0 Å². The second-order valence-electron chi connectivity index (χ2n) is 4.75. The lowest BCUT2D eigenvalue weighted by molar-refractivity contribution is -0.150. The molecule has 8 heteroatoms. The molecule has 2 aliphatic heterocycles. The second kappa shape index (κ2) is 6.67. The van der Waals surface area contributed by atoms with Crippen LogP contribution in [0.15, 0.2) is 0 Å². The third-order valence-electron chi connectivity index (χ3n) is 3.38. The van der Waals surface area contributed by atoms with Crippen LogP contribution in [0.4, 0.5) is 0 Å². The minimum Gasteiger partial charge on any atom is -0.377 e. The molecular weight excluding hydrogens is 264 g/mol. The Labute approximate surface area is 117 Å². The molecule has 112 valence electrons. The van der Waals surface area contributed by atoms with E-state index in [1.54, 1.807) is 0 Å². The first-order valence-corrected chi connectivity index (χ1v) is 6.79. The van der Waals surface area contributed by atoms with Crippen molar-refractivity contribution in [3.05, 3.63) is 0 Å². The van der Waals surface area contributed by atoms with Gasteiger partial charge in [-0.25, -0.2) is 0 Å². The van der Waals surface area contributed by atoms with Gasteiger partial charge in [0.15, 0.2) is 0 Å². The monoisotopic (exact) mass is 284 g/mol. The third-order valence-corrected chi connectivity index (χ3v) is 3.38. The average molecular weight is 284 g/mol. The Bertz CT molecular complexity index is 391. The molecule has 0 aromatic heterocycles. The standard InChI is InChI=1S/C12H20N4O4/c1-2-13-11(18)9-7-20-4-3-16(9)12(19)8-5-15-10(17)6-14-8/h8-9,14H,2-7H2,1H3,(H,13,18)(H,15,17). The van der Waals surface area contributed by atoms with Crippen molar-refractivity contribution in [1.82, 2.24) is 20.9 Å². The molecule has 0 aromatic carbocycles. The highest BCUT2D eigenvalue weighted by atomic mass is 16.5. The normalized spacial score (nSPS) is 26.9. The zero-order chi connectivity index (χ0) is 14.5. The fourth-order valence-electron chi connectivity index (χ4n) is 2.32. The van der Waals surface area contributed by atoms with Gasteiger partial charge < -0.3 is 20.3 Å². The quantitative estimate of drug-likeness (QED) is 0.529. The molecule has 0 saturated carbocycles. The van der Waals surface area contributed by atoms with Crippen LogP contribution in [0.2, 0.25) is 0 Å². The molecule has 0 spiro atoms. The first-order valence-electron chi connectivity index (χ1n) is 6.79. The van der Waals surface area contributed by atoms with E-state index in [4.69, 9.17) is 4.74 Å². The summed E-state index contributed by atoms with van der Waals surface area (Å²) in [5.41, 5.74) is 0. The van der Waals surface area contributed by atoms with Gasteiger partial charge in [0.2, 0.25) is 17.7 Å². The average Bonchev–Trinajstić information content (AvgIpc) is 2.47. The number of likely N-dealkylation sites (N-methyl/N-ethyl adjacent to an activating group) is 1. The summed E-state index contributed by atoms with van der Waals surface area (Å²) in [6.07, 6.45) is 0. The highest BCUT2D eigenvalue weighted by molar-refractivity contribution is 5.91. The van der Waals surface area contributed by atoms with Crippen molar-refractivity contribution in [2.45, 2.75) is 19.0 Å². The predicted molar refractivity (Wildman–Crippen MR) is 69.8 cm³/mol.